The highest BCUT2D eigenvalue weighted by atomic mass is 16.5. The molecular formula is C15H25NO3. The van der Waals surface area contributed by atoms with Crippen molar-refractivity contribution in [1.82, 2.24) is 0 Å². The molecule has 0 bridgehead atoms. The van der Waals surface area contributed by atoms with Crippen LogP contribution in [0.15, 0.2) is 24.3 Å². The first-order valence-electron chi connectivity index (χ1n) is 6.81. The Morgan fingerprint density at radius 3 is 2.53 bits per heavy atom. The van der Waals surface area contributed by atoms with Crippen molar-refractivity contribution < 1.29 is 14.6 Å². The third-order valence-corrected chi connectivity index (χ3v) is 2.81. The molecule has 108 valence electrons. The molecule has 4 heteroatoms. The van der Waals surface area contributed by atoms with Gasteiger partial charge in [-0.3, -0.25) is 0 Å². The van der Waals surface area contributed by atoms with Crippen LogP contribution >= 0.6 is 0 Å². The summed E-state index contributed by atoms with van der Waals surface area (Å²) in [6, 6.07) is 7.63. The Morgan fingerprint density at radius 1 is 1.21 bits per heavy atom. The van der Waals surface area contributed by atoms with Crippen molar-refractivity contribution in [3.8, 4) is 5.75 Å². The summed E-state index contributed by atoms with van der Waals surface area (Å²) in [4.78, 5) is 0. The first kappa shape index (κ1) is 16.0. The molecule has 0 amide bonds. The lowest BCUT2D eigenvalue weighted by atomic mass is 10.0. The summed E-state index contributed by atoms with van der Waals surface area (Å²) in [5.74, 6) is 0.737. The van der Waals surface area contributed by atoms with E-state index in [0.717, 1.165) is 17.7 Å². The van der Waals surface area contributed by atoms with Gasteiger partial charge in [-0.1, -0.05) is 25.1 Å². The summed E-state index contributed by atoms with van der Waals surface area (Å²) in [7, 11) is 0. The molecule has 0 radical (unpaired) electrons. The van der Waals surface area contributed by atoms with E-state index in [2.05, 4.69) is 0 Å². The average molecular weight is 267 g/mol. The number of benzene rings is 1. The lowest BCUT2D eigenvalue weighted by molar-refractivity contribution is -0.0124. The lowest BCUT2D eigenvalue weighted by Crippen LogP contribution is -2.25. The van der Waals surface area contributed by atoms with Crippen LogP contribution in [0.3, 0.4) is 0 Å². The number of hydrogen-bond acceptors (Lipinski definition) is 4. The quantitative estimate of drug-likeness (QED) is 0.758. The molecule has 0 fully saturated rings. The molecule has 2 atom stereocenters. The Hall–Kier alpha value is -1.10. The maximum Gasteiger partial charge on any atom is 0.124 e. The van der Waals surface area contributed by atoms with Gasteiger partial charge in [0.05, 0.1) is 12.7 Å². The molecule has 2 unspecified atom stereocenters. The van der Waals surface area contributed by atoms with E-state index >= 15 is 0 Å². The number of nitrogens with two attached hydrogens (primary N) is 1. The van der Waals surface area contributed by atoms with Gasteiger partial charge in [0.25, 0.3) is 0 Å². The van der Waals surface area contributed by atoms with E-state index in [9.17, 15) is 5.11 Å². The lowest BCUT2D eigenvalue weighted by Gasteiger charge is -2.18. The zero-order valence-corrected chi connectivity index (χ0v) is 12.0. The molecule has 0 aliphatic carbocycles. The highest BCUT2D eigenvalue weighted by Crippen LogP contribution is 2.25. The molecular weight excluding hydrogens is 242 g/mol. The Morgan fingerprint density at radius 2 is 1.89 bits per heavy atom. The third kappa shape index (κ3) is 5.59. The van der Waals surface area contributed by atoms with Crippen LogP contribution in [0.2, 0.25) is 0 Å². The van der Waals surface area contributed by atoms with Crippen LogP contribution in [-0.4, -0.2) is 30.5 Å². The third-order valence-electron chi connectivity index (χ3n) is 2.81. The van der Waals surface area contributed by atoms with Gasteiger partial charge in [0.15, 0.2) is 0 Å². The SMILES string of the molecule is CCC(N)c1ccccc1OCC(O)COC(C)C. The van der Waals surface area contributed by atoms with Gasteiger partial charge in [0, 0.05) is 11.6 Å². The summed E-state index contributed by atoms with van der Waals surface area (Å²) < 4.78 is 11.0. The Bertz CT molecular complexity index is 368. The van der Waals surface area contributed by atoms with Crippen molar-refractivity contribution >= 4 is 0 Å². The second kappa shape index (κ2) is 8.15. The van der Waals surface area contributed by atoms with Gasteiger partial charge in [-0.05, 0) is 26.3 Å². The first-order chi connectivity index (χ1) is 9.04. The van der Waals surface area contributed by atoms with Gasteiger partial charge < -0.3 is 20.3 Å². The van der Waals surface area contributed by atoms with Crippen molar-refractivity contribution in [2.24, 2.45) is 5.73 Å². The van der Waals surface area contributed by atoms with Crippen molar-refractivity contribution in [2.45, 2.75) is 45.4 Å². The number of para-hydroxylation sites is 1. The molecule has 0 aliphatic heterocycles. The molecule has 0 saturated carbocycles. The van der Waals surface area contributed by atoms with Crippen LogP contribution in [0.4, 0.5) is 0 Å². The van der Waals surface area contributed by atoms with Gasteiger partial charge in [-0.2, -0.15) is 0 Å². The van der Waals surface area contributed by atoms with E-state index in [4.69, 9.17) is 15.2 Å². The number of rotatable bonds is 8. The van der Waals surface area contributed by atoms with Crippen molar-refractivity contribution in [3.05, 3.63) is 29.8 Å². The minimum atomic E-state index is -0.631. The second-order valence-corrected chi connectivity index (χ2v) is 4.90. The Labute approximate surface area is 115 Å². The summed E-state index contributed by atoms with van der Waals surface area (Å²) in [5.41, 5.74) is 7.01. The molecule has 0 saturated heterocycles. The molecule has 0 heterocycles. The van der Waals surface area contributed by atoms with Gasteiger partial charge in [-0.25, -0.2) is 0 Å². The second-order valence-electron chi connectivity index (χ2n) is 4.90. The van der Waals surface area contributed by atoms with Crippen LogP contribution in [0.25, 0.3) is 0 Å². The number of aliphatic hydroxyl groups excluding tert-OH is 1. The van der Waals surface area contributed by atoms with Crippen molar-refractivity contribution in [3.63, 3.8) is 0 Å². The number of hydrogen-bond donors (Lipinski definition) is 2. The zero-order valence-electron chi connectivity index (χ0n) is 12.0. The molecule has 4 nitrogen and oxygen atoms in total. The fourth-order valence-electron chi connectivity index (χ4n) is 1.68. The molecule has 0 spiro atoms. The Kier molecular flexibility index (Phi) is 6.84. The van der Waals surface area contributed by atoms with Crippen LogP contribution in [0.5, 0.6) is 5.75 Å². The summed E-state index contributed by atoms with van der Waals surface area (Å²) in [6.07, 6.45) is 0.322. The normalized spacial score (nSPS) is 14.4. The minimum Gasteiger partial charge on any atom is -0.490 e. The Balaban J connectivity index is 2.53. The summed E-state index contributed by atoms with van der Waals surface area (Å²) in [5, 5.41) is 9.76. The largest absolute Gasteiger partial charge is 0.490 e. The summed E-state index contributed by atoms with van der Waals surface area (Å²) in [6.45, 7) is 6.39. The standard InChI is InChI=1S/C15H25NO3/c1-4-14(16)13-7-5-6-8-15(13)19-10-12(17)9-18-11(2)3/h5-8,11-12,14,17H,4,9-10,16H2,1-3H3. The van der Waals surface area contributed by atoms with Gasteiger partial charge in [0.1, 0.15) is 18.5 Å². The summed E-state index contributed by atoms with van der Waals surface area (Å²) >= 11 is 0. The van der Waals surface area contributed by atoms with E-state index in [0.29, 0.717) is 0 Å². The van der Waals surface area contributed by atoms with Crippen LogP contribution < -0.4 is 10.5 Å². The molecule has 1 aromatic rings. The average Bonchev–Trinajstić information content (AvgIpc) is 2.42. The highest BCUT2D eigenvalue weighted by Gasteiger charge is 2.12. The van der Waals surface area contributed by atoms with E-state index in [1.807, 2.05) is 45.0 Å². The maximum absolute atomic E-state index is 9.76. The van der Waals surface area contributed by atoms with Crippen molar-refractivity contribution in [2.75, 3.05) is 13.2 Å². The van der Waals surface area contributed by atoms with Crippen molar-refractivity contribution in [1.29, 1.82) is 0 Å². The van der Waals surface area contributed by atoms with Gasteiger partial charge >= 0.3 is 0 Å². The van der Waals surface area contributed by atoms with Gasteiger partial charge in [0.2, 0.25) is 0 Å². The van der Waals surface area contributed by atoms with Crippen LogP contribution in [-0.2, 0) is 4.74 Å². The molecule has 0 aromatic heterocycles. The zero-order chi connectivity index (χ0) is 14.3. The van der Waals surface area contributed by atoms with Crippen LogP contribution in [0.1, 0.15) is 38.8 Å². The molecule has 3 N–H and O–H groups in total. The smallest absolute Gasteiger partial charge is 0.124 e. The topological polar surface area (TPSA) is 64.7 Å². The monoisotopic (exact) mass is 267 g/mol. The first-order valence-corrected chi connectivity index (χ1v) is 6.81. The van der Waals surface area contributed by atoms with Gasteiger partial charge in [-0.15, -0.1) is 0 Å². The van der Waals surface area contributed by atoms with E-state index in [1.54, 1.807) is 0 Å². The van der Waals surface area contributed by atoms with Crippen LogP contribution in [0, 0.1) is 0 Å². The van der Waals surface area contributed by atoms with E-state index < -0.39 is 6.10 Å². The van der Waals surface area contributed by atoms with E-state index in [1.165, 1.54) is 0 Å². The molecule has 0 aliphatic rings. The highest BCUT2D eigenvalue weighted by molar-refractivity contribution is 5.35. The predicted molar refractivity (Wildman–Crippen MR) is 76.3 cm³/mol. The predicted octanol–water partition coefficient (Wildman–Crippen LogP) is 2.26. The molecule has 1 aromatic carbocycles. The number of ether oxygens (including phenoxy) is 2. The fraction of sp³-hybridized carbons (Fsp3) is 0.600. The number of aliphatic hydroxyl groups is 1. The minimum absolute atomic E-state index is 0.0414. The molecule has 19 heavy (non-hydrogen) atoms. The fourth-order valence-corrected chi connectivity index (χ4v) is 1.68. The molecule has 1 rings (SSSR count). The maximum atomic E-state index is 9.76. The van der Waals surface area contributed by atoms with E-state index in [-0.39, 0.29) is 25.4 Å².